The van der Waals surface area contributed by atoms with E-state index in [1.165, 1.54) is 45.0 Å². The first-order valence-corrected chi connectivity index (χ1v) is 10.7. The summed E-state index contributed by atoms with van der Waals surface area (Å²) in [5.74, 6) is 0. The predicted octanol–water partition coefficient (Wildman–Crippen LogP) is 7.65. The average molecular weight is 391 g/mol. The summed E-state index contributed by atoms with van der Waals surface area (Å²) >= 11 is 0. The number of para-hydroxylation sites is 2. The van der Waals surface area contributed by atoms with Gasteiger partial charge in [-0.1, -0.05) is 72.8 Å². The zero-order valence-corrected chi connectivity index (χ0v) is 17.5. The first-order valence-electron chi connectivity index (χ1n) is 10.7. The van der Waals surface area contributed by atoms with Crippen molar-refractivity contribution < 1.29 is 0 Å². The number of benzene rings is 4. The van der Waals surface area contributed by atoms with E-state index >= 15 is 0 Å². The molecule has 1 heterocycles. The van der Waals surface area contributed by atoms with Crippen LogP contribution in [0.3, 0.4) is 0 Å². The van der Waals surface area contributed by atoms with Gasteiger partial charge in [-0.15, -0.1) is 0 Å². The quantitative estimate of drug-likeness (QED) is 0.353. The predicted molar refractivity (Wildman–Crippen MR) is 129 cm³/mol. The fourth-order valence-electron chi connectivity index (χ4n) is 4.58. The molecule has 0 spiro atoms. The number of rotatable bonds is 4. The van der Waals surface area contributed by atoms with Gasteiger partial charge in [-0.05, 0) is 60.4 Å². The van der Waals surface area contributed by atoms with Crippen LogP contribution in [0.15, 0.2) is 97.1 Å². The largest absolute Gasteiger partial charge is 0.338 e. The first-order chi connectivity index (χ1) is 14.8. The Balaban J connectivity index is 1.81. The van der Waals surface area contributed by atoms with Crippen molar-refractivity contribution in [1.82, 2.24) is 0 Å². The lowest BCUT2D eigenvalue weighted by Crippen LogP contribution is -2.29. The lowest BCUT2D eigenvalue weighted by molar-refractivity contribution is 0.947. The minimum Gasteiger partial charge on any atom is -0.338 e. The van der Waals surface area contributed by atoms with Crippen LogP contribution in [-0.2, 0) is 0 Å². The van der Waals surface area contributed by atoms with E-state index in [4.69, 9.17) is 0 Å². The molecule has 0 atom stereocenters. The number of fused-ring (bicyclic) bond motifs is 2. The maximum atomic E-state index is 2.44. The fourth-order valence-corrected chi connectivity index (χ4v) is 4.58. The zero-order chi connectivity index (χ0) is 20.5. The van der Waals surface area contributed by atoms with Gasteiger partial charge in [-0.25, -0.2) is 0 Å². The molecule has 0 aromatic heterocycles. The van der Waals surface area contributed by atoms with Gasteiger partial charge in [-0.3, -0.25) is 0 Å². The van der Waals surface area contributed by atoms with Gasteiger partial charge >= 0.3 is 0 Å². The van der Waals surface area contributed by atoms with Crippen LogP contribution < -0.4 is 9.80 Å². The number of anilines is 4. The van der Waals surface area contributed by atoms with Crippen LogP contribution in [-0.4, -0.2) is 13.1 Å². The molecule has 30 heavy (non-hydrogen) atoms. The highest BCUT2D eigenvalue weighted by atomic mass is 15.3. The van der Waals surface area contributed by atoms with Gasteiger partial charge in [0, 0.05) is 13.1 Å². The lowest BCUT2D eigenvalue weighted by atomic mass is 9.91. The number of hydrogen-bond acceptors (Lipinski definition) is 2. The molecular formula is C28H26N2. The minimum atomic E-state index is 0.931. The summed E-state index contributed by atoms with van der Waals surface area (Å²) in [7, 11) is 0. The highest BCUT2D eigenvalue weighted by Gasteiger charge is 2.28. The van der Waals surface area contributed by atoms with Gasteiger partial charge in [0.25, 0.3) is 0 Å². The molecular weight excluding hydrogens is 364 g/mol. The summed E-state index contributed by atoms with van der Waals surface area (Å²) in [6.07, 6.45) is 0. The maximum Gasteiger partial charge on any atom is 0.0659 e. The summed E-state index contributed by atoms with van der Waals surface area (Å²) in [5.41, 5.74) is 10.1. The molecule has 0 saturated carbocycles. The summed E-state index contributed by atoms with van der Waals surface area (Å²) in [6, 6.07) is 35.0. The van der Waals surface area contributed by atoms with Gasteiger partial charge in [0.2, 0.25) is 0 Å². The summed E-state index contributed by atoms with van der Waals surface area (Å²) < 4.78 is 0. The Morgan fingerprint density at radius 1 is 0.467 bits per heavy atom. The smallest absolute Gasteiger partial charge is 0.0659 e. The Morgan fingerprint density at radius 2 is 0.833 bits per heavy atom. The molecule has 1 aliphatic rings. The monoisotopic (exact) mass is 390 g/mol. The van der Waals surface area contributed by atoms with Crippen LogP contribution in [0.2, 0.25) is 0 Å². The van der Waals surface area contributed by atoms with E-state index in [2.05, 4.69) is 121 Å². The highest BCUT2D eigenvalue weighted by Crippen LogP contribution is 2.51. The Bertz CT molecular complexity index is 1070. The molecule has 0 saturated heterocycles. The van der Waals surface area contributed by atoms with Gasteiger partial charge in [0.15, 0.2) is 0 Å². The second-order valence-corrected chi connectivity index (χ2v) is 7.60. The van der Waals surface area contributed by atoms with Crippen molar-refractivity contribution in [3.05, 3.63) is 97.1 Å². The van der Waals surface area contributed by atoms with Gasteiger partial charge < -0.3 is 9.80 Å². The maximum absolute atomic E-state index is 2.44. The second-order valence-electron chi connectivity index (χ2n) is 7.60. The van der Waals surface area contributed by atoms with Crippen molar-refractivity contribution in [3.63, 3.8) is 0 Å². The van der Waals surface area contributed by atoms with Crippen molar-refractivity contribution in [2.75, 3.05) is 22.9 Å². The van der Waals surface area contributed by atoms with Crippen molar-refractivity contribution >= 4 is 22.7 Å². The third-order valence-corrected chi connectivity index (χ3v) is 5.96. The van der Waals surface area contributed by atoms with E-state index in [-0.39, 0.29) is 0 Å². The Morgan fingerprint density at radius 3 is 1.20 bits per heavy atom. The zero-order valence-electron chi connectivity index (χ0n) is 17.5. The molecule has 0 N–H and O–H groups in total. The number of nitrogens with zero attached hydrogens (tertiary/aromatic N) is 2. The summed E-state index contributed by atoms with van der Waals surface area (Å²) in [5, 5.41) is 0. The third kappa shape index (κ3) is 2.96. The molecule has 5 rings (SSSR count). The van der Waals surface area contributed by atoms with Gasteiger partial charge in [0.1, 0.15) is 0 Å². The molecule has 1 aliphatic heterocycles. The Hall–Kier alpha value is -3.52. The van der Waals surface area contributed by atoms with Crippen LogP contribution in [0.1, 0.15) is 13.8 Å². The molecule has 0 fully saturated rings. The van der Waals surface area contributed by atoms with Gasteiger partial charge in [0.05, 0.1) is 22.7 Å². The van der Waals surface area contributed by atoms with Crippen molar-refractivity contribution in [1.29, 1.82) is 0 Å². The van der Waals surface area contributed by atoms with Crippen LogP contribution in [0.5, 0.6) is 0 Å². The van der Waals surface area contributed by atoms with Crippen LogP contribution in [0, 0.1) is 0 Å². The standard InChI is InChI=1S/C28H26N2/c1-3-29-25-17-11-12-18-26(25)30(4-2)28-20-24(22-15-9-6-10-16-22)23(19-27(28)29)21-13-7-5-8-14-21/h5-20H,3-4H2,1-2H3. The Labute approximate surface area is 179 Å². The van der Waals surface area contributed by atoms with E-state index < -0.39 is 0 Å². The molecule has 2 nitrogen and oxygen atoms in total. The summed E-state index contributed by atoms with van der Waals surface area (Å²) in [4.78, 5) is 4.88. The molecule has 2 heteroatoms. The molecule has 0 aliphatic carbocycles. The molecule has 0 amide bonds. The average Bonchev–Trinajstić information content (AvgIpc) is 2.82. The topological polar surface area (TPSA) is 6.48 Å². The third-order valence-electron chi connectivity index (χ3n) is 5.96. The first kappa shape index (κ1) is 18.5. The molecule has 4 aromatic carbocycles. The normalized spacial score (nSPS) is 12.5. The highest BCUT2D eigenvalue weighted by molar-refractivity contribution is 5.99. The minimum absolute atomic E-state index is 0.931. The van der Waals surface area contributed by atoms with Gasteiger partial charge in [-0.2, -0.15) is 0 Å². The van der Waals surface area contributed by atoms with E-state index in [9.17, 15) is 0 Å². The lowest BCUT2D eigenvalue weighted by Gasteiger charge is -2.40. The van der Waals surface area contributed by atoms with Crippen molar-refractivity contribution in [3.8, 4) is 22.3 Å². The molecule has 0 unspecified atom stereocenters. The van der Waals surface area contributed by atoms with E-state index in [0.717, 1.165) is 13.1 Å². The van der Waals surface area contributed by atoms with Crippen LogP contribution >= 0.6 is 0 Å². The van der Waals surface area contributed by atoms with E-state index in [1.807, 2.05) is 0 Å². The SMILES string of the molecule is CCN1c2ccccc2N(CC)c2cc(-c3ccccc3)c(-c3ccccc3)cc21. The van der Waals surface area contributed by atoms with Crippen LogP contribution in [0.25, 0.3) is 22.3 Å². The number of hydrogen-bond donors (Lipinski definition) is 0. The fraction of sp³-hybridized carbons (Fsp3) is 0.143. The van der Waals surface area contributed by atoms with Crippen molar-refractivity contribution in [2.45, 2.75) is 13.8 Å². The molecule has 0 bridgehead atoms. The second kappa shape index (κ2) is 7.72. The van der Waals surface area contributed by atoms with E-state index in [1.54, 1.807) is 0 Å². The van der Waals surface area contributed by atoms with Crippen LogP contribution in [0.4, 0.5) is 22.7 Å². The van der Waals surface area contributed by atoms with E-state index in [0.29, 0.717) is 0 Å². The summed E-state index contributed by atoms with van der Waals surface area (Å²) in [6.45, 7) is 6.33. The van der Waals surface area contributed by atoms with Crippen molar-refractivity contribution in [2.24, 2.45) is 0 Å². The molecule has 0 radical (unpaired) electrons. The Kier molecular flexibility index (Phi) is 4.76. The molecule has 4 aromatic rings. The molecule has 148 valence electrons.